The van der Waals surface area contributed by atoms with Gasteiger partial charge in [0.25, 0.3) is 0 Å². The number of carbonyl (C=O) groups excluding carboxylic acids is 1. The summed E-state index contributed by atoms with van der Waals surface area (Å²) in [5.41, 5.74) is 2.14. The highest BCUT2D eigenvalue weighted by Crippen LogP contribution is 2.29. The molecule has 0 N–H and O–H groups in total. The molecular weight excluding hydrogens is 298 g/mol. The van der Waals surface area contributed by atoms with Crippen LogP contribution >= 0.6 is 23.1 Å². The van der Waals surface area contributed by atoms with Crippen molar-refractivity contribution < 1.29 is 4.79 Å². The zero-order valence-corrected chi connectivity index (χ0v) is 13.8. The summed E-state index contributed by atoms with van der Waals surface area (Å²) in [4.78, 5) is 16.0. The summed E-state index contributed by atoms with van der Waals surface area (Å²) in [7, 11) is 0. The van der Waals surface area contributed by atoms with Crippen molar-refractivity contribution >= 4 is 28.9 Å². The first-order valence-electron chi connectivity index (χ1n) is 7.18. The molecule has 21 heavy (non-hydrogen) atoms. The van der Waals surface area contributed by atoms with Gasteiger partial charge >= 0.3 is 0 Å². The molecule has 2 aromatic rings. The van der Waals surface area contributed by atoms with Crippen molar-refractivity contribution in [2.45, 2.75) is 30.3 Å². The molecular formula is C17H19NOS2. The van der Waals surface area contributed by atoms with Gasteiger partial charge in [-0.1, -0.05) is 12.1 Å². The summed E-state index contributed by atoms with van der Waals surface area (Å²) >= 11 is 3.42. The van der Waals surface area contributed by atoms with Crippen LogP contribution in [0.2, 0.25) is 0 Å². The second-order valence-electron chi connectivity index (χ2n) is 5.42. The highest BCUT2D eigenvalue weighted by Gasteiger charge is 2.30. The molecule has 0 unspecified atom stereocenters. The number of hydrogen-bond donors (Lipinski definition) is 0. The molecule has 0 aliphatic heterocycles. The number of nitrogens with zero attached hydrogens (tertiary/aromatic N) is 1. The van der Waals surface area contributed by atoms with E-state index in [0.29, 0.717) is 12.6 Å². The van der Waals surface area contributed by atoms with E-state index in [2.05, 4.69) is 21.7 Å². The van der Waals surface area contributed by atoms with Gasteiger partial charge in [0.1, 0.15) is 0 Å². The highest BCUT2D eigenvalue weighted by atomic mass is 32.2. The van der Waals surface area contributed by atoms with Crippen molar-refractivity contribution in [1.29, 1.82) is 0 Å². The van der Waals surface area contributed by atoms with Crippen LogP contribution in [0.5, 0.6) is 0 Å². The normalized spacial score (nSPS) is 14.6. The zero-order valence-electron chi connectivity index (χ0n) is 12.1. The van der Waals surface area contributed by atoms with Gasteiger partial charge in [0.05, 0.1) is 6.54 Å². The maximum Gasteiger partial charge on any atom is 0.176 e. The summed E-state index contributed by atoms with van der Waals surface area (Å²) in [5, 5.41) is 4.27. The first-order valence-corrected chi connectivity index (χ1v) is 9.35. The number of thioether (sulfide) groups is 1. The van der Waals surface area contributed by atoms with Gasteiger partial charge in [0.2, 0.25) is 0 Å². The molecule has 0 bridgehead atoms. The molecule has 1 fully saturated rings. The highest BCUT2D eigenvalue weighted by molar-refractivity contribution is 7.98. The minimum Gasteiger partial charge on any atom is -0.293 e. The van der Waals surface area contributed by atoms with Crippen LogP contribution in [-0.4, -0.2) is 29.5 Å². The number of carbonyl (C=O) groups is 1. The molecule has 0 amide bonds. The summed E-state index contributed by atoms with van der Waals surface area (Å²) in [5.74, 6) is 0.227. The molecule has 3 rings (SSSR count). The van der Waals surface area contributed by atoms with Crippen molar-refractivity contribution in [2.24, 2.45) is 0 Å². The maximum atomic E-state index is 12.5. The molecule has 1 aliphatic carbocycles. The minimum absolute atomic E-state index is 0.227. The number of ketones is 1. The summed E-state index contributed by atoms with van der Waals surface area (Å²) in [6.07, 6.45) is 4.50. The molecule has 0 radical (unpaired) electrons. The lowest BCUT2D eigenvalue weighted by Crippen LogP contribution is -2.31. The Bertz CT molecular complexity index is 588. The first kappa shape index (κ1) is 14.8. The second kappa shape index (κ2) is 6.77. The van der Waals surface area contributed by atoms with Crippen LogP contribution in [0.4, 0.5) is 0 Å². The van der Waals surface area contributed by atoms with Gasteiger partial charge in [-0.25, -0.2) is 0 Å². The second-order valence-corrected chi connectivity index (χ2v) is 7.08. The van der Waals surface area contributed by atoms with Crippen molar-refractivity contribution in [2.75, 3.05) is 12.8 Å². The standard InChI is InChI=1S/C17H19NOS2/c1-20-16-6-2-14(3-7-16)17(19)11-18(15-4-5-15)10-13-8-9-21-12-13/h2-3,6-9,12,15H,4-5,10-11H2,1H3. The van der Waals surface area contributed by atoms with E-state index in [1.807, 2.05) is 30.5 Å². The smallest absolute Gasteiger partial charge is 0.176 e. The van der Waals surface area contributed by atoms with Gasteiger partial charge < -0.3 is 0 Å². The number of Topliss-reactive ketones (excluding diaryl/α,β-unsaturated/α-hetero) is 1. The molecule has 110 valence electrons. The Morgan fingerprint density at radius 2 is 2.05 bits per heavy atom. The van der Waals surface area contributed by atoms with Crippen LogP contribution in [0.15, 0.2) is 46.0 Å². The molecule has 1 saturated carbocycles. The lowest BCUT2D eigenvalue weighted by Gasteiger charge is -2.20. The topological polar surface area (TPSA) is 20.3 Å². The van der Waals surface area contributed by atoms with Gasteiger partial charge in [-0.2, -0.15) is 11.3 Å². The van der Waals surface area contributed by atoms with E-state index in [1.54, 1.807) is 23.1 Å². The monoisotopic (exact) mass is 317 g/mol. The summed E-state index contributed by atoms with van der Waals surface area (Å²) in [6, 6.07) is 10.7. The minimum atomic E-state index is 0.227. The molecule has 0 spiro atoms. The molecule has 0 saturated heterocycles. The largest absolute Gasteiger partial charge is 0.293 e. The van der Waals surface area contributed by atoms with E-state index in [-0.39, 0.29) is 5.78 Å². The Balaban J connectivity index is 1.65. The third-order valence-electron chi connectivity index (χ3n) is 3.79. The fourth-order valence-corrected chi connectivity index (χ4v) is 3.49. The van der Waals surface area contributed by atoms with Crippen molar-refractivity contribution in [3.8, 4) is 0 Å². The molecule has 1 aromatic heterocycles. The van der Waals surface area contributed by atoms with E-state index in [4.69, 9.17) is 0 Å². The van der Waals surface area contributed by atoms with Crippen molar-refractivity contribution in [3.63, 3.8) is 0 Å². The van der Waals surface area contributed by atoms with Crippen LogP contribution < -0.4 is 0 Å². The third kappa shape index (κ3) is 3.96. The molecule has 2 nitrogen and oxygen atoms in total. The predicted octanol–water partition coefficient (Wildman–Crippen LogP) is 4.32. The fraction of sp³-hybridized carbons (Fsp3) is 0.353. The van der Waals surface area contributed by atoms with Gasteiger partial charge in [-0.05, 0) is 53.6 Å². The quantitative estimate of drug-likeness (QED) is 0.560. The van der Waals surface area contributed by atoms with Gasteiger partial charge in [-0.3, -0.25) is 9.69 Å². The van der Waals surface area contributed by atoms with Gasteiger partial charge in [0, 0.05) is 23.0 Å². The molecule has 1 heterocycles. The number of hydrogen-bond acceptors (Lipinski definition) is 4. The Morgan fingerprint density at radius 3 is 2.62 bits per heavy atom. The molecule has 1 aromatic carbocycles. The van der Waals surface area contributed by atoms with Crippen LogP contribution in [-0.2, 0) is 6.54 Å². The Kier molecular flexibility index (Phi) is 4.78. The SMILES string of the molecule is CSc1ccc(C(=O)CN(Cc2ccsc2)C2CC2)cc1. The lowest BCUT2D eigenvalue weighted by molar-refractivity contribution is 0.0919. The molecule has 4 heteroatoms. The van der Waals surface area contributed by atoms with Crippen LogP contribution in [0.3, 0.4) is 0 Å². The van der Waals surface area contributed by atoms with Crippen LogP contribution in [0, 0.1) is 0 Å². The van der Waals surface area contributed by atoms with E-state index >= 15 is 0 Å². The average Bonchev–Trinajstić information content (AvgIpc) is 3.24. The Hall–Kier alpha value is -1.10. The van der Waals surface area contributed by atoms with Gasteiger partial charge in [-0.15, -0.1) is 11.8 Å². The summed E-state index contributed by atoms with van der Waals surface area (Å²) < 4.78 is 0. The maximum absolute atomic E-state index is 12.5. The van der Waals surface area contributed by atoms with E-state index in [0.717, 1.165) is 12.1 Å². The summed E-state index contributed by atoms with van der Waals surface area (Å²) in [6.45, 7) is 1.42. The first-order chi connectivity index (χ1) is 10.3. The lowest BCUT2D eigenvalue weighted by atomic mass is 10.1. The van der Waals surface area contributed by atoms with E-state index in [9.17, 15) is 4.79 Å². The van der Waals surface area contributed by atoms with E-state index in [1.165, 1.54) is 23.3 Å². The zero-order chi connectivity index (χ0) is 14.7. The van der Waals surface area contributed by atoms with Crippen LogP contribution in [0.25, 0.3) is 0 Å². The van der Waals surface area contributed by atoms with Gasteiger partial charge in [0.15, 0.2) is 5.78 Å². The molecule has 0 atom stereocenters. The Labute approximate surface area is 134 Å². The average molecular weight is 317 g/mol. The van der Waals surface area contributed by atoms with E-state index < -0.39 is 0 Å². The van der Waals surface area contributed by atoms with Crippen molar-refractivity contribution in [1.82, 2.24) is 4.90 Å². The third-order valence-corrected chi connectivity index (χ3v) is 5.26. The Morgan fingerprint density at radius 1 is 1.29 bits per heavy atom. The predicted molar refractivity (Wildman–Crippen MR) is 90.3 cm³/mol. The van der Waals surface area contributed by atoms with Crippen LogP contribution in [0.1, 0.15) is 28.8 Å². The number of thiophene rings is 1. The number of benzene rings is 1. The van der Waals surface area contributed by atoms with Crippen molar-refractivity contribution in [3.05, 3.63) is 52.2 Å². The number of rotatable bonds is 7. The fourth-order valence-electron chi connectivity index (χ4n) is 2.42. The molecule has 1 aliphatic rings.